The zero-order chi connectivity index (χ0) is 20.1. The highest BCUT2D eigenvalue weighted by atomic mass is 32.2. The number of hydrogen-bond acceptors (Lipinski definition) is 3. The molecule has 0 aliphatic rings. The van der Waals surface area contributed by atoms with Crippen molar-refractivity contribution in [1.82, 2.24) is 4.72 Å². The molecule has 0 atom stereocenters. The van der Waals surface area contributed by atoms with Crippen LogP contribution in [0.2, 0.25) is 0 Å². The molecule has 0 aromatic heterocycles. The Hall–Kier alpha value is -2.30. The summed E-state index contributed by atoms with van der Waals surface area (Å²) < 4.78 is 3.46. The summed E-state index contributed by atoms with van der Waals surface area (Å²) in [6.45, 7) is 8.50. The van der Waals surface area contributed by atoms with Crippen LogP contribution >= 0.6 is 11.9 Å². The molecule has 0 aliphatic heterocycles. The van der Waals surface area contributed by atoms with Gasteiger partial charge in [-0.1, -0.05) is 54.1 Å². The van der Waals surface area contributed by atoms with Crippen LogP contribution in [0.1, 0.15) is 38.3 Å². The summed E-state index contributed by atoms with van der Waals surface area (Å²) in [5.74, 6) is 0.0407. The van der Waals surface area contributed by atoms with Crippen LogP contribution in [0.15, 0.2) is 65.6 Å². The average molecular weight is 393 g/mol. The minimum Gasteiger partial charge on any atom is -0.326 e. The molecular weight excluding hydrogens is 364 g/mol. The van der Waals surface area contributed by atoms with Gasteiger partial charge in [0.1, 0.15) is 0 Å². The molecule has 0 saturated heterocycles. The van der Waals surface area contributed by atoms with Crippen molar-refractivity contribution in [2.24, 2.45) is 0 Å². The molecule has 4 heteroatoms. The van der Waals surface area contributed by atoms with Crippen molar-refractivity contribution in [1.29, 1.82) is 0 Å². The van der Waals surface area contributed by atoms with Gasteiger partial charge in [-0.2, -0.15) is 0 Å². The number of carbonyl (C=O) groups excluding carboxylic acids is 1. The fraction of sp³-hybridized carbons (Fsp3) is 0.292. The molecular formula is C24H28N2OS. The van der Waals surface area contributed by atoms with Crippen molar-refractivity contribution in [3.8, 4) is 0 Å². The lowest BCUT2D eigenvalue weighted by atomic mass is 10.1. The Bertz CT molecular complexity index is 958. The van der Waals surface area contributed by atoms with Crippen molar-refractivity contribution in [2.75, 3.05) is 5.32 Å². The molecule has 0 heterocycles. The minimum atomic E-state index is 0.0225. The van der Waals surface area contributed by atoms with Gasteiger partial charge in [0.2, 0.25) is 5.91 Å². The molecule has 1 amide bonds. The summed E-state index contributed by atoms with van der Waals surface area (Å²) in [5.41, 5.74) is 3.31. The molecule has 0 spiro atoms. The van der Waals surface area contributed by atoms with Gasteiger partial charge in [-0.3, -0.25) is 9.52 Å². The van der Waals surface area contributed by atoms with Crippen LogP contribution in [0.25, 0.3) is 10.8 Å². The molecule has 3 aromatic rings. The molecule has 28 heavy (non-hydrogen) atoms. The second kappa shape index (κ2) is 8.80. The third kappa shape index (κ3) is 5.60. The fourth-order valence-corrected chi connectivity index (χ4v) is 3.76. The molecule has 0 saturated carbocycles. The molecule has 0 aliphatic carbocycles. The van der Waals surface area contributed by atoms with Gasteiger partial charge in [0.15, 0.2) is 0 Å². The zero-order valence-electron chi connectivity index (χ0n) is 17.0. The maximum atomic E-state index is 12.5. The molecule has 0 bridgehead atoms. The predicted molar refractivity (Wildman–Crippen MR) is 121 cm³/mol. The molecule has 3 nitrogen and oxygen atoms in total. The minimum absolute atomic E-state index is 0.0225. The standard InChI is InChI=1S/C24H28N2OS/c1-17-11-13-18(14-12-17)15-16-23(27)25-21-9-5-8-20-19(21)7-6-10-22(20)28-26-24(2,3)4/h5-14,26H,15-16H2,1-4H3,(H,25,27). The summed E-state index contributed by atoms with van der Waals surface area (Å²) in [6, 6.07) is 20.6. The van der Waals surface area contributed by atoms with Crippen LogP contribution in [-0.2, 0) is 11.2 Å². The summed E-state index contributed by atoms with van der Waals surface area (Å²) in [6.07, 6.45) is 1.22. The van der Waals surface area contributed by atoms with Gasteiger partial charge >= 0.3 is 0 Å². The highest BCUT2D eigenvalue weighted by molar-refractivity contribution is 7.97. The summed E-state index contributed by atoms with van der Waals surface area (Å²) in [5, 5.41) is 5.30. The lowest BCUT2D eigenvalue weighted by molar-refractivity contribution is -0.116. The lowest BCUT2D eigenvalue weighted by Crippen LogP contribution is -2.29. The first kappa shape index (κ1) is 20.4. The Kier molecular flexibility index (Phi) is 6.42. The number of nitrogens with one attached hydrogen (secondary N) is 2. The lowest BCUT2D eigenvalue weighted by Gasteiger charge is -2.20. The number of aryl methyl sites for hydroxylation is 2. The Morgan fingerprint density at radius 2 is 1.61 bits per heavy atom. The van der Waals surface area contributed by atoms with E-state index in [1.807, 2.05) is 18.2 Å². The zero-order valence-corrected chi connectivity index (χ0v) is 17.8. The summed E-state index contributed by atoms with van der Waals surface area (Å²) in [7, 11) is 0. The number of benzene rings is 3. The van der Waals surface area contributed by atoms with E-state index in [1.54, 1.807) is 11.9 Å². The topological polar surface area (TPSA) is 41.1 Å². The molecule has 3 rings (SSSR count). The maximum Gasteiger partial charge on any atom is 0.224 e. The van der Waals surface area contributed by atoms with Crippen molar-refractivity contribution >= 4 is 34.3 Å². The van der Waals surface area contributed by atoms with Crippen LogP contribution in [0.4, 0.5) is 5.69 Å². The Balaban J connectivity index is 1.72. The first-order chi connectivity index (χ1) is 13.3. The maximum absolute atomic E-state index is 12.5. The van der Waals surface area contributed by atoms with Gasteiger partial charge in [-0.05, 0) is 69.1 Å². The number of carbonyl (C=O) groups is 1. The smallest absolute Gasteiger partial charge is 0.224 e. The van der Waals surface area contributed by atoms with E-state index in [4.69, 9.17) is 0 Å². The second-order valence-electron chi connectivity index (χ2n) is 8.14. The number of fused-ring (bicyclic) bond motifs is 1. The molecule has 146 valence electrons. The summed E-state index contributed by atoms with van der Waals surface area (Å²) in [4.78, 5) is 13.7. The van der Waals surface area contributed by atoms with Crippen LogP contribution < -0.4 is 10.0 Å². The molecule has 0 radical (unpaired) electrons. The van der Waals surface area contributed by atoms with E-state index in [0.29, 0.717) is 6.42 Å². The third-order valence-electron chi connectivity index (χ3n) is 4.38. The normalized spacial score (nSPS) is 11.6. The molecule has 0 fully saturated rings. The van der Waals surface area contributed by atoms with E-state index in [0.717, 1.165) is 27.8 Å². The van der Waals surface area contributed by atoms with E-state index in [2.05, 4.69) is 80.2 Å². The first-order valence-electron chi connectivity index (χ1n) is 9.63. The molecule has 3 aromatic carbocycles. The Labute approximate surface area is 172 Å². The highest BCUT2D eigenvalue weighted by Crippen LogP contribution is 2.31. The van der Waals surface area contributed by atoms with E-state index in [1.165, 1.54) is 11.1 Å². The van der Waals surface area contributed by atoms with Crippen LogP contribution in [0, 0.1) is 6.92 Å². The van der Waals surface area contributed by atoms with E-state index in [9.17, 15) is 4.79 Å². The summed E-state index contributed by atoms with van der Waals surface area (Å²) >= 11 is 1.63. The van der Waals surface area contributed by atoms with Crippen molar-refractivity contribution < 1.29 is 4.79 Å². The average Bonchev–Trinajstić information content (AvgIpc) is 2.65. The van der Waals surface area contributed by atoms with Gasteiger partial charge in [-0.15, -0.1) is 0 Å². The van der Waals surface area contributed by atoms with Gasteiger partial charge in [0.05, 0.1) is 0 Å². The molecule has 0 unspecified atom stereocenters. The Morgan fingerprint density at radius 1 is 0.929 bits per heavy atom. The second-order valence-corrected chi connectivity index (χ2v) is 8.99. The third-order valence-corrected chi connectivity index (χ3v) is 5.68. The first-order valence-corrected chi connectivity index (χ1v) is 10.4. The van der Waals surface area contributed by atoms with E-state index in [-0.39, 0.29) is 11.4 Å². The van der Waals surface area contributed by atoms with Crippen LogP contribution in [-0.4, -0.2) is 11.4 Å². The van der Waals surface area contributed by atoms with Gasteiger partial charge in [0.25, 0.3) is 0 Å². The van der Waals surface area contributed by atoms with E-state index < -0.39 is 0 Å². The van der Waals surface area contributed by atoms with E-state index >= 15 is 0 Å². The number of anilines is 1. The number of rotatable bonds is 6. The Morgan fingerprint density at radius 3 is 2.32 bits per heavy atom. The van der Waals surface area contributed by atoms with Crippen molar-refractivity contribution in [3.05, 3.63) is 71.8 Å². The van der Waals surface area contributed by atoms with Gasteiger partial charge in [-0.25, -0.2) is 0 Å². The fourth-order valence-electron chi connectivity index (χ4n) is 2.91. The largest absolute Gasteiger partial charge is 0.326 e. The highest BCUT2D eigenvalue weighted by Gasteiger charge is 2.12. The van der Waals surface area contributed by atoms with Crippen LogP contribution in [0.3, 0.4) is 0 Å². The van der Waals surface area contributed by atoms with Gasteiger partial charge < -0.3 is 5.32 Å². The van der Waals surface area contributed by atoms with Gasteiger partial charge in [0, 0.05) is 27.9 Å². The van der Waals surface area contributed by atoms with Crippen molar-refractivity contribution in [3.63, 3.8) is 0 Å². The number of hydrogen-bond donors (Lipinski definition) is 2. The monoisotopic (exact) mass is 392 g/mol. The molecule has 2 N–H and O–H groups in total. The predicted octanol–water partition coefficient (Wildman–Crippen LogP) is 6.11. The quantitative estimate of drug-likeness (QED) is 0.497. The number of amides is 1. The van der Waals surface area contributed by atoms with Crippen LogP contribution in [0.5, 0.6) is 0 Å². The van der Waals surface area contributed by atoms with Crippen molar-refractivity contribution in [2.45, 2.75) is 51.0 Å². The SMILES string of the molecule is Cc1ccc(CCC(=O)Nc2cccc3c(SNC(C)(C)C)cccc23)cc1.